The van der Waals surface area contributed by atoms with Gasteiger partial charge in [-0.25, -0.2) is 9.18 Å². The number of aromatic nitrogens is 1. The Morgan fingerprint density at radius 1 is 1.06 bits per heavy atom. The van der Waals surface area contributed by atoms with Crippen molar-refractivity contribution in [3.63, 3.8) is 0 Å². The lowest BCUT2D eigenvalue weighted by Crippen LogP contribution is -2.65. The van der Waals surface area contributed by atoms with Gasteiger partial charge in [0.05, 0.1) is 5.56 Å². The van der Waals surface area contributed by atoms with Crippen LogP contribution in [0.15, 0.2) is 47.2 Å². The summed E-state index contributed by atoms with van der Waals surface area (Å²) in [5.41, 5.74) is 6.55. The smallest absolute Gasteiger partial charge is 0.323 e. The van der Waals surface area contributed by atoms with Gasteiger partial charge in [0, 0.05) is 47.7 Å². The fourth-order valence-electron chi connectivity index (χ4n) is 4.53. The molecule has 0 radical (unpaired) electrons. The van der Waals surface area contributed by atoms with Gasteiger partial charge in [0.2, 0.25) is 0 Å². The Kier molecular flexibility index (Phi) is 7.97. The minimum Gasteiger partial charge on any atom is -0.350 e. The number of anilines is 1. The summed E-state index contributed by atoms with van der Waals surface area (Å²) < 4.78 is 14.3. The molecule has 2 heterocycles. The van der Waals surface area contributed by atoms with Crippen LogP contribution in [-0.2, 0) is 4.79 Å². The van der Waals surface area contributed by atoms with Crippen LogP contribution in [0.4, 0.5) is 14.9 Å². The highest BCUT2D eigenvalue weighted by Crippen LogP contribution is 2.23. The fraction of sp³-hybridized carbons (Fsp3) is 0.417. The van der Waals surface area contributed by atoms with Crippen molar-refractivity contribution in [2.45, 2.75) is 50.4 Å². The highest BCUT2D eigenvalue weighted by Gasteiger charge is 2.41. The van der Waals surface area contributed by atoms with E-state index < -0.39 is 29.8 Å². The molecule has 2 fully saturated rings. The molecule has 1 aromatic carbocycles. The van der Waals surface area contributed by atoms with Crippen LogP contribution >= 0.6 is 15.9 Å². The van der Waals surface area contributed by atoms with E-state index in [-0.39, 0.29) is 24.3 Å². The summed E-state index contributed by atoms with van der Waals surface area (Å²) in [6, 6.07) is 6.57. The van der Waals surface area contributed by atoms with E-state index in [1.54, 1.807) is 18.3 Å². The molecule has 4 N–H and O–H groups in total. The molecule has 4 amide bonds. The van der Waals surface area contributed by atoms with E-state index in [4.69, 9.17) is 5.73 Å². The molecular formula is C24H28BrFN6O3. The monoisotopic (exact) mass is 546 g/mol. The maximum absolute atomic E-state index is 13.6. The zero-order chi connectivity index (χ0) is 24.9. The van der Waals surface area contributed by atoms with Crippen molar-refractivity contribution in [3.05, 3.63) is 58.6 Å². The molecule has 1 aromatic heterocycles. The summed E-state index contributed by atoms with van der Waals surface area (Å²) in [7, 11) is 0. The zero-order valence-corrected chi connectivity index (χ0v) is 20.7. The first-order chi connectivity index (χ1) is 16.8. The Morgan fingerprint density at radius 2 is 1.80 bits per heavy atom. The highest BCUT2D eigenvalue weighted by atomic mass is 79.9. The molecule has 1 aliphatic carbocycles. The number of pyridine rings is 1. The van der Waals surface area contributed by atoms with Gasteiger partial charge in [-0.15, -0.1) is 0 Å². The second-order valence-electron chi connectivity index (χ2n) is 8.87. The van der Waals surface area contributed by atoms with Crippen molar-refractivity contribution in [2.24, 2.45) is 5.73 Å². The van der Waals surface area contributed by atoms with Gasteiger partial charge < -0.3 is 21.3 Å². The van der Waals surface area contributed by atoms with E-state index >= 15 is 0 Å². The maximum atomic E-state index is 13.6. The molecule has 1 unspecified atom stereocenters. The lowest BCUT2D eigenvalue weighted by Gasteiger charge is -2.43. The van der Waals surface area contributed by atoms with E-state index in [0.29, 0.717) is 23.0 Å². The summed E-state index contributed by atoms with van der Waals surface area (Å²) in [6.45, 7) is 0.554. The number of nitrogens with zero attached hydrogens (tertiary/aromatic N) is 3. The van der Waals surface area contributed by atoms with Gasteiger partial charge in [-0.2, -0.15) is 0 Å². The van der Waals surface area contributed by atoms with Crippen LogP contribution in [-0.4, -0.2) is 64.0 Å². The van der Waals surface area contributed by atoms with Crippen molar-refractivity contribution in [2.75, 3.05) is 18.4 Å². The number of hydrogen-bond donors (Lipinski definition) is 3. The molecule has 1 saturated carbocycles. The number of halogens is 2. The van der Waals surface area contributed by atoms with Gasteiger partial charge in [-0.1, -0.05) is 6.07 Å². The van der Waals surface area contributed by atoms with Crippen molar-refractivity contribution >= 4 is 39.5 Å². The molecule has 186 valence electrons. The fourth-order valence-corrected chi connectivity index (χ4v) is 4.89. The Hall–Kier alpha value is -3.05. The van der Waals surface area contributed by atoms with Crippen LogP contribution in [0, 0.1) is 5.82 Å². The zero-order valence-electron chi connectivity index (χ0n) is 19.1. The SMILES string of the molecule is NC1CCC(NC(=O)C2N(C(=O)Nc3cccc(F)c3)CCCN2C(=O)c2cncc(Br)c2)CC1. The molecule has 1 atom stereocenters. The van der Waals surface area contributed by atoms with Gasteiger partial charge in [-0.3, -0.25) is 19.5 Å². The molecule has 11 heteroatoms. The van der Waals surface area contributed by atoms with Crippen molar-refractivity contribution in [1.82, 2.24) is 20.1 Å². The van der Waals surface area contributed by atoms with Crippen molar-refractivity contribution < 1.29 is 18.8 Å². The second kappa shape index (κ2) is 11.1. The molecule has 4 rings (SSSR count). The van der Waals surface area contributed by atoms with Crippen LogP contribution < -0.4 is 16.4 Å². The van der Waals surface area contributed by atoms with Crippen LogP contribution in [0.5, 0.6) is 0 Å². The number of nitrogens with two attached hydrogens (primary N) is 1. The highest BCUT2D eigenvalue weighted by molar-refractivity contribution is 9.10. The molecule has 2 aliphatic rings. The Labute approximate surface area is 211 Å². The van der Waals surface area contributed by atoms with Crippen molar-refractivity contribution in [3.8, 4) is 0 Å². The lowest BCUT2D eigenvalue weighted by atomic mass is 9.91. The third-order valence-electron chi connectivity index (χ3n) is 6.29. The van der Waals surface area contributed by atoms with E-state index in [0.717, 1.165) is 25.7 Å². The summed E-state index contributed by atoms with van der Waals surface area (Å²) in [4.78, 5) is 47.0. The predicted octanol–water partition coefficient (Wildman–Crippen LogP) is 3.08. The number of rotatable bonds is 4. The van der Waals surface area contributed by atoms with Gasteiger partial charge in [0.1, 0.15) is 5.82 Å². The van der Waals surface area contributed by atoms with Gasteiger partial charge >= 0.3 is 6.03 Å². The Bertz CT molecular complexity index is 1090. The van der Waals surface area contributed by atoms with Gasteiger partial charge in [0.15, 0.2) is 6.17 Å². The van der Waals surface area contributed by atoms with Gasteiger partial charge in [0.25, 0.3) is 11.8 Å². The van der Waals surface area contributed by atoms with Crippen molar-refractivity contribution in [1.29, 1.82) is 0 Å². The lowest BCUT2D eigenvalue weighted by molar-refractivity contribution is -0.133. The molecule has 0 spiro atoms. The van der Waals surface area contributed by atoms with E-state index in [9.17, 15) is 18.8 Å². The number of hydrogen-bond acceptors (Lipinski definition) is 5. The number of nitrogens with one attached hydrogen (secondary N) is 2. The number of benzene rings is 1. The first kappa shape index (κ1) is 25.1. The first-order valence-corrected chi connectivity index (χ1v) is 12.4. The molecule has 1 saturated heterocycles. The number of carbonyl (C=O) groups is 3. The topological polar surface area (TPSA) is 121 Å². The van der Waals surface area contributed by atoms with E-state index in [2.05, 4.69) is 31.5 Å². The predicted molar refractivity (Wildman–Crippen MR) is 132 cm³/mol. The molecule has 9 nitrogen and oxygen atoms in total. The second-order valence-corrected chi connectivity index (χ2v) is 9.79. The quantitative estimate of drug-likeness (QED) is 0.544. The summed E-state index contributed by atoms with van der Waals surface area (Å²) in [6.07, 6.45) is 5.36. The van der Waals surface area contributed by atoms with E-state index in [1.165, 1.54) is 34.2 Å². The minimum atomic E-state index is -1.17. The molecule has 1 aliphatic heterocycles. The normalized spacial score (nSPS) is 22.4. The molecule has 0 bridgehead atoms. The third kappa shape index (κ3) is 6.15. The average molecular weight is 547 g/mol. The number of urea groups is 1. The minimum absolute atomic E-state index is 0.0816. The largest absolute Gasteiger partial charge is 0.350 e. The standard InChI is InChI=1S/C24H28BrFN6O3/c25-16-11-15(13-28-14-16)23(34)31-9-2-10-32(24(35)30-20-4-1-3-17(26)12-20)22(31)21(33)29-19-7-5-18(27)6-8-19/h1,3-4,11-14,18-19,22H,2,5-10,27H2,(H,29,33)(H,30,35). The number of amides is 4. The van der Waals surface area contributed by atoms with Crippen LogP contribution in [0.3, 0.4) is 0 Å². The van der Waals surface area contributed by atoms with E-state index in [1.807, 2.05) is 0 Å². The number of carbonyl (C=O) groups excluding carboxylic acids is 3. The Balaban J connectivity index is 1.59. The van der Waals surface area contributed by atoms with Crippen LogP contribution in [0.1, 0.15) is 42.5 Å². The molecule has 2 aromatic rings. The third-order valence-corrected chi connectivity index (χ3v) is 6.72. The summed E-state index contributed by atoms with van der Waals surface area (Å²) >= 11 is 3.32. The van der Waals surface area contributed by atoms with Crippen LogP contribution in [0.2, 0.25) is 0 Å². The first-order valence-electron chi connectivity index (χ1n) is 11.6. The molecular weight excluding hydrogens is 519 g/mol. The van der Waals surface area contributed by atoms with Gasteiger partial charge in [-0.05, 0) is 72.3 Å². The maximum Gasteiger partial charge on any atom is 0.323 e. The summed E-state index contributed by atoms with van der Waals surface area (Å²) in [5.74, 6) is -1.34. The average Bonchev–Trinajstić information content (AvgIpc) is 2.84. The summed E-state index contributed by atoms with van der Waals surface area (Å²) in [5, 5.41) is 5.67. The molecule has 35 heavy (non-hydrogen) atoms. The van der Waals surface area contributed by atoms with Crippen LogP contribution in [0.25, 0.3) is 0 Å². The Morgan fingerprint density at radius 3 is 2.51 bits per heavy atom.